The molecule has 0 saturated heterocycles. The molecule has 1 atom stereocenters. The third-order valence-electron chi connectivity index (χ3n) is 3.65. The van der Waals surface area contributed by atoms with Gasteiger partial charge in [0.15, 0.2) is 11.5 Å². The predicted octanol–water partition coefficient (Wildman–Crippen LogP) is 4.53. The summed E-state index contributed by atoms with van der Waals surface area (Å²) < 4.78 is 11.5. The van der Waals surface area contributed by atoms with Gasteiger partial charge in [0.25, 0.3) is 0 Å². The van der Waals surface area contributed by atoms with Gasteiger partial charge in [0.1, 0.15) is 12.6 Å². The molecule has 2 N–H and O–H groups in total. The lowest BCUT2D eigenvalue weighted by Crippen LogP contribution is -2.33. The number of hydrogen-bond donors (Lipinski definition) is 2. The molecule has 0 saturated carbocycles. The maximum absolute atomic E-state index is 10.9. The average molecular weight is 398 g/mol. The number of carboxylic acids is 1. The SMILES string of the molecule is CCOc1cc(CNC(C)C(=O)O)cc(Cl)c1OCc1ccc(Cl)cc1. The second-order valence-corrected chi connectivity index (χ2v) is 6.54. The van der Waals surface area contributed by atoms with Gasteiger partial charge in [-0.3, -0.25) is 4.79 Å². The van der Waals surface area contributed by atoms with E-state index < -0.39 is 12.0 Å². The summed E-state index contributed by atoms with van der Waals surface area (Å²) in [7, 11) is 0. The van der Waals surface area contributed by atoms with Crippen molar-refractivity contribution in [2.45, 2.75) is 33.0 Å². The molecule has 26 heavy (non-hydrogen) atoms. The first-order chi connectivity index (χ1) is 12.4. The van der Waals surface area contributed by atoms with E-state index in [-0.39, 0.29) is 0 Å². The first-order valence-electron chi connectivity index (χ1n) is 8.19. The standard InChI is InChI=1S/C19H21Cl2NO4/c1-3-25-17-9-14(10-22-12(2)19(23)24)8-16(21)18(17)26-11-13-4-6-15(20)7-5-13/h4-9,12,22H,3,10-11H2,1-2H3,(H,23,24). The van der Waals surface area contributed by atoms with Crippen LogP contribution in [0.25, 0.3) is 0 Å². The van der Waals surface area contributed by atoms with Gasteiger partial charge in [-0.25, -0.2) is 0 Å². The molecule has 0 aromatic heterocycles. The number of aliphatic carboxylic acids is 1. The van der Waals surface area contributed by atoms with Crippen molar-refractivity contribution in [3.63, 3.8) is 0 Å². The first kappa shape index (κ1) is 20.4. The van der Waals surface area contributed by atoms with Gasteiger partial charge in [0.05, 0.1) is 11.6 Å². The smallest absolute Gasteiger partial charge is 0.320 e. The Morgan fingerprint density at radius 3 is 2.46 bits per heavy atom. The van der Waals surface area contributed by atoms with Crippen LogP contribution in [0.3, 0.4) is 0 Å². The molecule has 140 valence electrons. The van der Waals surface area contributed by atoms with Gasteiger partial charge in [0.2, 0.25) is 0 Å². The van der Waals surface area contributed by atoms with E-state index in [2.05, 4.69) is 5.32 Å². The molecule has 0 fully saturated rings. The molecule has 0 spiro atoms. The van der Waals surface area contributed by atoms with Crippen molar-refractivity contribution < 1.29 is 19.4 Å². The zero-order valence-electron chi connectivity index (χ0n) is 14.6. The minimum absolute atomic E-state index is 0.324. The van der Waals surface area contributed by atoms with E-state index in [0.717, 1.165) is 11.1 Å². The maximum Gasteiger partial charge on any atom is 0.320 e. The van der Waals surface area contributed by atoms with E-state index in [9.17, 15) is 4.79 Å². The average Bonchev–Trinajstić information content (AvgIpc) is 2.60. The molecule has 7 heteroatoms. The lowest BCUT2D eigenvalue weighted by molar-refractivity contribution is -0.139. The van der Waals surface area contributed by atoms with E-state index in [0.29, 0.717) is 41.3 Å². The van der Waals surface area contributed by atoms with Crippen LogP contribution in [-0.2, 0) is 17.9 Å². The molecule has 2 aromatic carbocycles. The van der Waals surface area contributed by atoms with Crippen LogP contribution in [0.15, 0.2) is 36.4 Å². The highest BCUT2D eigenvalue weighted by atomic mass is 35.5. The molecular weight excluding hydrogens is 377 g/mol. The second kappa shape index (κ2) is 9.67. The van der Waals surface area contributed by atoms with E-state index in [1.807, 2.05) is 19.1 Å². The van der Waals surface area contributed by atoms with Gasteiger partial charge in [-0.05, 0) is 49.2 Å². The van der Waals surface area contributed by atoms with Gasteiger partial charge in [-0.2, -0.15) is 0 Å². The minimum atomic E-state index is -0.913. The van der Waals surface area contributed by atoms with Crippen molar-refractivity contribution in [1.29, 1.82) is 0 Å². The van der Waals surface area contributed by atoms with Gasteiger partial charge in [-0.1, -0.05) is 35.3 Å². The number of nitrogens with one attached hydrogen (secondary N) is 1. The second-order valence-electron chi connectivity index (χ2n) is 5.69. The van der Waals surface area contributed by atoms with Crippen LogP contribution in [0.4, 0.5) is 0 Å². The number of benzene rings is 2. The molecule has 0 heterocycles. The number of ether oxygens (including phenoxy) is 2. The Hall–Kier alpha value is -1.95. The highest BCUT2D eigenvalue weighted by Gasteiger charge is 2.15. The Labute approximate surface area is 162 Å². The van der Waals surface area contributed by atoms with Crippen LogP contribution < -0.4 is 14.8 Å². The van der Waals surface area contributed by atoms with Crippen molar-refractivity contribution >= 4 is 29.2 Å². The summed E-state index contributed by atoms with van der Waals surface area (Å²) in [6.45, 7) is 4.58. The van der Waals surface area contributed by atoms with Crippen LogP contribution in [0.1, 0.15) is 25.0 Å². The Balaban J connectivity index is 2.14. The Morgan fingerprint density at radius 2 is 1.85 bits per heavy atom. The summed E-state index contributed by atoms with van der Waals surface area (Å²) in [4.78, 5) is 10.9. The van der Waals surface area contributed by atoms with Gasteiger partial charge in [0, 0.05) is 11.6 Å². The van der Waals surface area contributed by atoms with Crippen LogP contribution >= 0.6 is 23.2 Å². The van der Waals surface area contributed by atoms with Gasteiger partial charge >= 0.3 is 5.97 Å². The van der Waals surface area contributed by atoms with Crippen molar-refractivity contribution in [2.24, 2.45) is 0 Å². The fraction of sp³-hybridized carbons (Fsp3) is 0.316. The fourth-order valence-electron chi connectivity index (χ4n) is 2.22. The molecular formula is C19H21Cl2NO4. The lowest BCUT2D eigenvalue weighted by Gasteiger charge is -2.16. The molecule has 0 amide bonds. The molecule has 5 nitrogen and oxygen atoms in total. The molecule has 2 aromatic rings. The summed E-state index contributed by atoms with van der Waals surface area (Å²) in [6.07, 6.45) is 0. The third-order valence-corrected chi connectivity index (χ3v) is 4.18. The van der Waals surface area contributed by atoms with Crippen LogP contribution in [0, 0.1) is 0 Å². The number of carboxylic acid groups (broad SMARTS) is 1. The molecule has 0 aliphatic carbocycles. The summed E-state index contributed by atoms with van der Waals surface area (Å²) in [5.41, 5.74) is 1.76. The number of halogens is 2. The van der Waals surface area contributed by atoms with E-state index in [4.69, 9.17) is 37.8 Å². The van der Waals surface area contributed by atoms with E-state index >= 15 is 0 Å². The fourth-order valence-corrected chi connectivity index (χ4v) is 2.63. The molecule has 0 aliphatic rings. The zero-order valence-corrected chi connectivity index (χ0v) is 16.1. The molecule has 0 radical (unpaired) electrons. The Kier molecular flexibility index (Phi) is 7.57. The van der Waals surface area contributed by atoms with Gasteiger partial charge < -0.3 is 19.9 Å². The maximum atomic E-state index is 10.9. The molecule has 2 rings (SSSR count). The summed E-state index contributed by atoms with van der Waals surface area (Å²) in [5, 5.41) is 12.9. The highest BCUT2D eigenvalue weighted by molar-refractivity contribution is 6.32. The normalized spacial score (nSPS) is 11.8. The largest absolute Gasteiger partial charge is 0.490 e. The lowest BCUT2D eigenvalue weighted by atomic mass is 10.2. The first-order valence-corrected chi connectivity index (χ1v) is 8.95. The van der Waals surface area contributed by atoms with Crippen LogP contribution in [-0.4, -0.2) is 23.7 Å². The van der Waals surface area contributed by atoms with Crippen LogP contribution in [0.5, 0.6) is 11.5 Å². The Morgan fingerprint density at radius 1 is 1.15 bits per heavy atom. The Bertz CT molecular complexity index is 750. The molecule has 0 aliphatic heterocycles. The highest BCUT2D eigenvalue weighted by Crippen LogP contribution is 2.37. The van der Waals surface area contributed by atoms with Crippen molar-refractivity contribution in [3.8, 4) is 11.5 Å². The van der Waals surface area contributed by atoms with Crippen molar-refractivity contribution in [3.05, 3.63) is 57.6 Å². The molecule has 1 unspecified atom stereocenters. The number of rotatable bonds is 9. The molecule has 0 bridgehead atoms. The van der Waals surface area contributed by atoms with Crippen molar-refractivity contribution in [1.82, 2.24) is 5.32 Å². The van der Waals surface area contributed by atoms with Crippen molar-refractivity contribution in [2.75, 3.05) is 6.61 Å². The van der Waals surface area contributed by atoms with E-state index in [1.54, 1.807) is 31.2 Å². The van der Waals surface area contributed by atoms with Gasteiger partial charge in [-0.15, -0.1) is 0 Å². The topological polar surface area (TPSA) is 67.8 Å². The number of hydrogen-bond acceptors (Lipinski definition) is 4. The third kappa shape index (κ3) is 5.80. The summed E-state index contributed by atoms with van der Waals surface area (Å²) >= 11 is 12.3. The van der Waals surface area contributed by atoms with E-state index in [1.165, 1.54) is 0 Å². The number of carbonyl (C=O) groups is 1. The zero-order chi connectivity index (χ0) is 19.1. The minimum Gasteiger partial charge on any atom is -0.490 e. The summed E-state index contributed by atoms with van der Waals surface area (Å²) in [5.74, 6) is 0.0660. The quantitative estimate of drug-likeness (QED) is 0.650. The predicted molar refractivity (Wildman–Crippen MR) is 102 cm³/mol. The monoisotopic (exact) mass is 397 g/mol. The van der Waals surface area contributed by atoms with Crippen LogP contribution in [0.2, 0.25) is 10.0 Å². The summed E-state index contributed by atoms with van der Waals surface area (Å²) in [6, 6.07) is 10.2.